The Morgan fingerprint density at radius 3 is 2.53 bits per heavy atom. The minimum atomic E-state index is 0.398. The van der Waals surface area contributed by atoms with Crippen LogP contribution in [0.1, 0.15) is 0 Å². The van der Waals surface area contributed by atoms with Gasteiger partial charge in [0, 0.05) is 11.6 Å². The summed E-state index contributed by atoms with van der Waals surface area (Å²) >= 11 is 18.6. The third-order valence-electron chi connectivity index (χ3n) is 1.85. The van der Waals surface area contributed by atoms with Crippen LogP contribution in [0, 0.1) is 0 Å². The molecule has 17 heavy (non-hydrogen) atoms. The summed E-state index contributed by atoms with van der Waals surface area (Å²) in [7, 11) is 0. The predicted molar refractivity (Wildman–Crippen MR) is 78.4 cm³/mol. The smallest absolute Gasteiger partial charge is 0.188 e. The Kier molecular flexibility index (Phi) is 4.17. The van der Waals surface area contributed by atoms with Gasteiger partial charge in [0.2, 0.25) is 0 Å². The van der Waals surface area contributed by atoms with Crippen molar-refractivity contribution in [1.29, 1.82) is 0 Å². The molecule has 0 unspecified atom stereocenters. The summed E-state index contributed by atoms with van der Waals surface area (Å²) in [6.45, 7) is 0. The van der Waals surface area contributed by atoms with Gasteiger partial charge in [0.05, 0.1) is 15.7 Å². The van der Waals surface area contributed by atoms with E-state index in [0.29, 0.717) is 26.0 Å². The van der Waals surface area contributed by atoms with Crippen molar-refractivity contribution in [3.63, 3.8) is 0 Å². The molecule has 0 aliphatic rings. The van der Waals surface area contributed by atoms with Gasteiger partial charge in [0.1, 0.15) is 0 Å². The number of nitrogens with one attached hydrogen (secondary N) is 2. The molecule has 7 heteroatoms. The van der Waals surface area contributed by atoms with Crippen LogP contribution in [0.25, 0.3) is 0 Å². The van der Waals surface area contributed by atoms with Crippen LogP contribution in [0.3, 0.4) is 0 Å². The van der Waals surface area contributed by atoms with Crippen LogP contribution < -0.4 is 10.6 Å². The molecular formula is C10H7Cl2N3S2. The first kappa shape index (κ1) is 12.6. The molecule has 88 valence electrons. The summed E-state index contributed by atoms with van der Waals surface area (Å²) in [5.41, 5.74) is 0.588. The summed E-state index contributed by atoms with van der Waals surface area (Å²) in [4.78, 5) is 4.06. The van der Waals surface area contributed by atoms with Gasteiger partial charge in [-0.1, -0.05) is 29.3 Å². The lowest BCUT2D eigenvalue weighted by Crippen LogP contribution is -2.19. The Hall–Kier alpha value is -0.880. The highest BCUT2D eigenvalue weighted by molar-refractivity contribution is 7.80. The Balaban J connectivity index is 2.08. The van der Waals surface area contributed by atoms with Gasteiger partial charge < -0.3 is 10.6 Å². The van der Waals surface area contributed by atoms with Crippen molar-refractivity contribution in [3.05, 3.63) is 39.8 Å². The molecule has 3 nitrogen and oxygen atoms in total. The number of thiocarbonyl (C=S) groups is 1. The number of aromatic nitrogens is 1. The molecule has 1 heterocycles. The highest BCUT2D eigenvalue weighted by atomic mass is 35.5. The van der Waals surface area contributed by atoms with Gasteiger partial charge in [-0.25, -0.2) is 4.98 Å². The number of thiazole rings is 1. The SMILES string of the molecule is S=C(Nc1nccs1)Nc1c(Cl)cccc1Cl. The van der Waals surface area contributed by atoms with E-state index in [2.05, 4.69) is 15.6 Å². The van der Waals surface area contributed by atoms with Crippen LogP contribution in [-0.4, -0.2) is 10.1 Å². The molecule has 0 amide bonds. The van der Waals surface area contributed by atoms with E-state index >= 15 is 0 Å². The molecule has 2 aromatic rings. The van der Waals surface area contributed by atoms with Crippen molar-refractivity contribution < 1.29 is 0 Å². The molecule has 0 aliphatic carbocycles. The fourth-order valence-corrected chi connectivity index (χ4v) is 2.43. The number of halogens is 2. The summed E-state index contributed by atoms with van der Waals surface area (Å²) in [5, 5.41) is 9.87. The molecule has 2 rings (SSSR count). The van der Waals surface area contributed by atoms with E-state index in [0.717, 1.165) is 0 Å². The molecule has 1 aromatic carbocycles. The number of hydrogen-bond acceptors (Lipinski definition) is 3. The number of hydrogen-bond donors (Lipinski definition) is 2. The number of nitrogens with zero attached hydrogens (tertiary/aromatic N) is 1. The lowest BCUT2D eigenvalue weighted by atomic mass is 10.3. The van der Waals surface area contributed by atoms with E-state index in [9.17, 15) is 0 Å². The fraction of sp³-hybridized carbons (Fsp3) is 0. The molecule has 1 aromatic heterocycles. The quantitative estimate of drug-likeness (QED) is 0.813. The van der Waals surface area contributed by atoms with Crippen LogP contribution in [0.5, 0.6) is 0 Å². The Labute approximate surface area is 118 Å². The fourth-order valence-electron chi connectivity index (χ4n) is 1.14. The number of anilines is 2. The van der Waals surface area contributed by atoms with Gasteiger partial charge in [0.15, 0.2) is 10.2 Å². The van der Waals surface area contributed by atoms with Gasteiger partial charge in [-0.3, -0.25) is 0 Å². The zero-order valence-corrected chi connectivity index (χ0v) is 11.6. The standard InChI is InChI=1S/C10H7Cl2N3S2/c11-6-2-1-3-7(12)8(6)14-9(16)15-10-13-4-5-17-10/h1-5H,(H2,13,14,15,16). The van der Waals surface area contributed by atoms with E-state index in [1.807, 2.05) is 5.38 Å². The molecule has 0 saturated carbocycles. The van der Waals surface area contributed by atoms with Crippen LogP contribution in [0.4, 0.5) is 10.8 Å². The maximum Gasteiger partial charge on any atom is 0.188 e. The maximum absolute atomic E-state index is 6.01. The summed E-state index contributed by atoms with van der Waals surface area (Å²) in [5.74, 6) is 0. The first-order valence-corrected chi connectivity index (χ1v) is 6.62. The van der Waals surface area contributed by atoms with Crippen LogP contribution in [-0.2, 0) is 0 Å². The van der Waals surface area contributed by atoms with Gasteiger partial charge in [-0.15, -0.1) is 11.3 Å². The van der Waals surface area contributed by atoms with Crippen molar-refractivity contribution in [3.8, 4) is 0 Å². The highest BCUT2D eigenvalue weighted by Gasteiger charge is 2.07. The first-order chi connectivity index (χ1) is 8.16. The molecular weight excluding hydrogens is 297 g/mol. The molecule has 0 bridgehead atoms. The second-order valence-electron chi connectivity index (χ2n) is 3.01. The lowest BCUT2D eigenvalue weighted by molar-refractivity contribution is 1.41. The van der Waals surface area contributed by atoms with Gasteiger partial charge in [-0.2, -0.15) is 0 Å². The zero-order chi connectivity index (χ0) is 12.3. The van der Waals surface area contributed by atoms with Crippen LogP contribution >= 0.6 is 46.8 Å². The monoisotopic (exact) mass is 303 g/mol. The number of para-hydroxylation sites is 1. The largest absolute Gasteiger partial charge is 0.330 e. The van der Waals surface area contributed by atoms with E-state index in [1.54, 1.807) is 24.4 Å². The van der Waals surface area contributed by atoms with Crippen LogP contribution in [0.2, 0.25) is 10.0 Å². The normalized spacial score (nSPS) is 10.0. The Bertz CT molecular complexity index is 508. The molecule has 0 radical (unpaired) electrons. The summed E-state index contributed by atoms with van der Waals surface area (Å²) in [6.07, 6.45) is 1.69. The van der Waals surface area contributed by atoms with Gasteiger partial charge in [0.25, 0.3) is 0 Å². The van der Waals surface area contributed by atoms with Crippen molar-refractivity contribution in [1.82, 2.24) is 4.98 Å². The molecule has 0 saturated heterocycles. The average Bonchev–Trinajstić information content (AvgIpc) is 2.76. The third-order valence-corrected chi connectivity index (χ3v) is 3.38. The highest BCUT2D eigenvalue weighted by Crippen LogP contribution is 2.29. The molecule has 0 aliphatic heterocycles. The van der Waals surface area contributed by atoms with E-state index in [-0.39, 0.29) is 0 Å². The second-order valence-corrected chi connectivity index (χ2v) is 5.13. The summed E-state index contributed by atoms with van der Waals surface area (Å²) < 4.78 is 0. The van der Waals surface area contributed by atoms with Crippen molar-refractivity contribution in [2.75, 3.05) is 10.6 Å². The predicted octanol–water partition coefficient (Wildman–Crippen LogP) is 4.26. The Morgan fingerprint density at radius 2 is 1.94 bits per heavy atom. The van der Waals surface area contributed by atoms with Gasteiger partial charge >= 0.3 is 0 Å². The zero-order valence-electron chi connectivity index (χ0n) is 8.41. The van der Waals surface area contributed by atoms with Crippen molar-refractivity contribution in [2.45, 2.75) is 0 Å². The maximum atomic E-state index is 6.01. The molecule has 2 N–H and O–H groups in total. The average molecular weight is 304 g/mol. The molecule has 0 spiro atoms. The number of rotatable bonds is 2. The first-order valence-electron chi connectivity index (χ1n) is 4.58. The third kappa shape index (κ3) is 3.29. The van der Waals surface area contributed by atoms with Crippen molar-refractivity contribution in [2.24, 2.45) is 0 Å². The summed E-state index contributed by atoms with van der Waals surface area (Å²) in [6, 6.07) is 5.25. The molecule has 0 fully saturated rings. The van der Waals surface area contributed by atoms with Crippen LogP contribution in [0.15, 0.2) is 29.8 Å². The minimum absolute atomic E-state index is 0.398. The van der Waals surface area contributed by atoms with Crippen molar-refractivity contribution >= 4 is 62.7 Å². The van der Waals surface area contributed by atoms with E-state index in [4.69, 9.17) is 35.4 Å². The topological polar surface area (TPSA) is 37.0 Å². The van der Waals surface area contributed by atoms with E-state index in [1.165, 1.54) is 11.3 Å². The van der Waals surface area contributed by atoms with Gasteiger partial charge in [-0.05, 0) is 24.4 Å². The lowest BCUT2D eigenvalue weighted by Gasteiger charge is -2.11. The minimum Gasteiger partial charge on any atom is -0.330 e. The number of benzene rings is 1. The molecule has 0 atom stereocenters. The Morgan fingerprint density at radius 1 is 1.24 bits per heavy atom. The second kappa shape index (κ2) is 5.64. The van der Waals surface area contributed by atoms with E-state index < -0.39 is 0 Å².